The van der Waals surface area contributed by atoms with E-state index in [1.54, 1.807) is 0 Å². The zero-order valence-corrected chi connectivity index (χ0v) is 7.41. The van der Waals surface area contributed by atoms with Gasteiger partial charge in [-0.1, -0.05) is 12.2 Å². The summed E-state index contributed by atoms with van der Waals surface area (Å²) in [4.78, 5) is 10.6. The highest BCUT2D eigenvalue weighted by Gasteiger charge is 2.24. The summed E-state index contributed by atoms with van der Waals surface area (Å²) in [6.07, 6.45) is 8.09. The lowest BCUT2D eigenvalue weighted by molar-refractivity contribution is -0.112. The molecule has 2 atom stereocenters. The van der Waals surface area contributed by atoms with E-state index in [0.29, 0.717) is 11.8 Å². The SMILES string of the molecule is C=CC1CC(C=C)CC(C=O)C1. The van der Waals surface area contributed by atoms with Gasteiger partial charge in [0.2, 0.25) is 0 Å². The average molecular weight is 164 g/mol. The lowest BCUT2D eigenvalue weighted by Crippen LogP contribution is -2.21. The van der Waals surface area contributed by atoms with Crippen LogP contribution in [0, 0.1) is 17.8 Å². The largest absolute Gasteiger partial charge is 0.303 e. The molecule has 2 unspecified atom stereocenters. The Morgan fingerprint density at radius 3 is 1.67 bits per heavy atom. The van der Waals surface area contributed by atoms with Crippen molar-refractivity contribution in [2.24, 2.45) is 17.8 Å². The van der Waals surface area contributed by atoms with Gasteiger partial charge in [-0.3, -0.25) is 0 Å². The molecule has 0 radical (unpaired) electrons. The van der Waals surface area contributed by atoms with E-state index in [0.717, 1.165) is 25.5 Å². The molecular formula is C11H16O. The first-order valence-corrected chi connectivity index (χ1v) is 4.50. The number of hydrogen-bond acceptors (Lipinski definition) is 1. The van der Waals surface area contributed by atoms with E-state index in [2.05, 4.69) is 13.2 Å². The Kier molecular flexibility index (Phi) is 3.27. The molecule has 0 spiro atoms. The van der Waals surface area contributed by atoms with Crippen LogP contribution in [0.3, 0.4) is 0 Å². The number of allylic oxidation sites excluding steroid dienone is 2. The molecule has 0 saturated heterocycles. The van der Waals surface area contributed by atoms with Crippen molar-refractivity contribution < 1.29 is 4.79 Å². The molecule has 1 rings (SSSR count). The maximum Gasteiger partial charge on any atom is 0.123 e. The van der Waals surface area contributed by atoms with Crippen molar-refractivity contribution in [2.45, 2.75) is 19.3 Å². The van der Waals surface area contributed by atoms with Crippen LogP contribution < -0.4 is 0 Å². The zero-order chi connectivity index (χ0) is 8.97. The Labute approximate surface area is 74.2 Å². The van der Waals surface area contributed by atoms with E-state index in [4.69, 9.17) is 0 Å². The maximum absolute atomic E-state index is 10.6. The highest BCUT2D eigenvalue weighted by atomic mass is 16.1. The fourth-order valence-electron chi connectivity index (χ4n) is 1.95. The number of aldehydes is 1. The summed E-state index contributed by atoms with van der Waals surface area (Å²) in [5.74, 6) is 1.25. The Bertz CT molecular complexity index is 144. The summed E-state index contributed by atoms with van der Waals surface area (Å²) < 4.78 is 0. The predicted octanol–water partition coefficient (Wildman–Crippen LogP) is 2.59. The van der Waals surface area contributed by atoms with Crippen LogP contribution >= 0.6 is 0 Å². The van der Waals surface area contributed by atoms with Crippen molar-refractivity contribution in [3.63, 3.8) is 0 Å². The molecular weight excluding hydrogens is 148 g/mol. The standard InChI is InChI=1S/C11H16O/c1-3-9-5-10(4-2)7-11(6-9)8-12/h3-4,8-11H,1-2,5-7H2. The van der Waals surface area contributed by atoms with Crippen molar-refractivity contribution in [3.05, 3.63) is 25.3 Å². The van der Waals surface area contributed by atoms with Crippen LogP contribution in [0.5, 0.6) is 0 Å². The zero-order valence-electron chi connectivity index (χ0n) is 7.41. The first kappa shape index (κ1) is 9.24. The van der Waals surface area contributed by atoms with Gasteiger partial charge in [0, 0.05) is 5.92 Å². The van der Waals surface area contributed by atoms with Gasteiger partial charge in [0.15, 0.2) is 0 Å². The molecule has 0 N–H and O–H groups in total. The van der Waals surface area contributed by atoms with E-state index in [9.17, 15) is 4.79 Å². The Morgan fingerprint density at radius 2 is 1.33 bits per heavy atom. The normalized spacial score (nSPS) is 35.5. The third-order valence-electron chi connectivity index (χ3n) is 2.68. The first-order valence-electron chi connectivity index (χ1n) is 4.50. The molecule has 0 bridgehead atoms. The molecule has 1 fully saturated rings. The Morgan fingerprint density at radius 1 is 0.917 bits per heavy atom. The second-order valence-electron chi connectivity index (χ2n) is 3.59. The predicted molar refractivity (Wildman–Crippen MR) is 50.8 cm³/mol. The van der Waals surface area contributed by atoms with Crippen molar-refractivity contribution in [1.29, 1.82) is 0 Å². The fraction of sp³-hybridized carbons (Fsp3) is 0.545. The van der Waals surface area contributed by atoms with Crippen molar-refractivity contribution in [1.82, 2.24) is 0 Å². The fourth-order valence-corrected chi connectivity index (χ4v) is 1.95. The smallest absolute Gasteiger partial charge is 0.123 e. The van der Waals surface area contributed by atoms with Gasteiger partial charge in [-0.15, -0.1) is 13.2 Å². The minimum atomic E-state index is 0.227. The summed E-state index contributed by atoms with van der Waals surface area (Å²) in [6.45, 7) is 7.54. The van der Waals surface area contributed by atoms with Crippen molar-refractivity contribution >= 4 is 6.29 Å². The molecule has 1 nitrogen and oxygen atoms in total. The quantitative estimate of drug-likeness (QED) is 0.463. The second-order valence-corrected chi connectivity index (χ2v) is 3.59. The number of rotatable bonds is 3. The summed E-state index contributed by atoms with van der Waals surface area (Å²) in [6, 6.07) is 0. The summed E-state index contributed by atoms with van der Waals surface area (Å²) in [5.41, 5.74) is 0. The number of carbonyl (C=O) groups is 1. The summed E-state index contributed by atoms with van der Waals surface area (Å²) in [7, 11) is 0. The molecule has 1 heteroatoms. The topological polar surface area (TPSA) is 17.1 Å². The van der Waals surface area contributed by atoms with Gasteiger partial charge in [-0.05, 0) is 31.1 Å². The van der Waals surface area contributed by atoms with Crippen molar-refractivity contribution in [3.8, 4) is 0 Å². The van der Waals surface area contributed by atoms with Gasteiger partial charge in [-0.2, -0.15) is 0 Å². The van der Waals surface area contributed by atoms with Crippen LogP contribution in [0.4, 0.5) is 0 Å². The molecule has 0 heterocycles. The molecule has 12 heavy (non-hydrogen) atoms. The monoisotopic (exact) mass is 164 g/mol. The Hall–Kier alpha value is -0.850. The minimum Gasteiger partial charge on any atom is -0.303 e. The molecule has 0 aliphatic heterocycles. The van der Waals surface area contributed by atoms with E-state index in [1.165, 1.54) is 0 Å². The molecule has 0 amide bonds. The molecule has 0 aromatic rings. The van der Waals surface area contributed by atoms with E-state index >= 15 is 0 Å². The van der Waals surface area contributed by atoms with E-state index in [-0.39, 0.29) is 5.92 Å². The van der Waals surface area contributed by atoms with Crippen LogP contribution in [0.1, 0.15) is 19.3 Å². The third-order valence-corrected chi connectivity index (χ3v) is 2.68. The van der Waals surface area contributed by atoms with Gasteiger partial charge in [0.25, 0.3) is 0 Å². The van der Waals surface area contributed by atoms with Crippen molar-refractivity contribution in [2.75, 3.05) is 0 Å². The van der Waals surface area contributed by atoms with Crippen LogP contribution in [-0.4, -0.2) is 6.29 Å². The highest BCUT2D eigenvalue weighted by Crippen LogP contribution is 2.33. The lowest BCUT2D eigenvalue weighted by atomic mass is 9.76. The number of hydrogen-bond donors (Lipinski definition) is 0. The summed E-state index contributed by atoms with van der Waals surface area (Å²) in [5, 5.41) is 0. The molecule has 0 aromatic carbocycles. The molecule has 1 aliphatic carbocycles. The van der Waals surface area contributed by atoms with Crippen LogP contribution in [0.2, 0.25) is 0 Å². The van der Waals surface area contributed by atoms with Crippen LogP contribution in [-0.2, 0) is 4.79 Å². The highest BCUT2D eigenvalue weighted by molar-refractivity contribution is 5.53. The van der Waals surface area contributed by atoms with E-state index in [1.807, 2.05) is 12.2 Å². The number of carbonyl (C=O) groups excluding carboxylic acids is 1. The molecule has 1 aliphatic rings. The molecule has 0 aromatic heterocycles. The first-order chi connectivity index (χ1) is 5.80. The molecule has 1 saturated carbocycles. The van der Waals surface area contributed by atoms with Gasteiger partial charge in [-0.25, -0.2) is 0 Å². The lowest BCUT2D eigenvalue weighted by Gasteiger charge is -2.28. The molecule has 66 valence electrons. The summed E-state index contributed by atoms with van der Waals surface area (Å²) >= 11 is 0. The average Bonchev–Trinajstić information content (AvgIpc) is 2.16. The Balaban J connectivity index is 2.57. The van der Waals surface area contributed by atoms with E-state index < -0.39 is 0 Å². The minimum absolute atomic E-state index is 0.227. The van der Waals surface area contributed by atoms with Gasteiger partial charge in [0.05, 0.1) is 0 Å². The van der Waals surface area contributed by atoms with Gasteiger partial charge >= 0.3 is 0 Å². The van der Waals surface area contributed by atoms with Crippen LogP contribution in [0.15, 0.2) is 25.3 Å². The van der Waals surface area contributed by atoms with Gasteiger partial charge < -0.3 is 4.79 Å². The van der Waals surface area contributed by atoms with Crippen LogP contribution in [0.25, 0.3) is 0 Å². The third kappa shape index (κ3) is 2.07. The van der Waals surface area contributed by atoms with Gasteiger partial charge in [0.1, 0.15) is 6.29 Å². The second kappa shape index (κ2) is 4.24. The maximum atomic E-state index is 10.6.